The zero-order chi connectivity index (χ0) is 21.3. The number of ether oxygens (including phenoxy) is 1. The Balaban J connectivity index is 1.56. The predicted octanol–water partition coefficient (Wildman–Crippen LogP) is 4.87. The summed E-state index contributed by atoms with van der Waals surface area (Å²) in [5.41, 5.74) is 1.66. The van der Waals surface area contributed by atoms with Crippen LogP contribution < -0.4 is 10.1 Å². The van der Waals surface area contributed by atoms with Gasteiger partial charge in [-0.2, -0.15) is 0 Å². The van der Waals surface area contributed by atoms with Crippen LogP contribution in [0.2, 0.25) is 0 Å². The zero-order valence-electron chi connectivity index (χ0n) is 16.5. The van der Waals surface area contributed by atoms with Gasteiger partial charge in [0.05, 0.1) is 17.2 Å². The Bertz CT molecular complexity index is 987. The number of allylic oxidation sites excluding steroid dienone is 2. The molecule has 0 aliphatic carbocycles. The Morgan fingerprint density at radius 2 is 1.90 bits per heavy atom. The Hall–Kier alpha value is -2.90. The number of nitrogens with zero attached hydrogens (tertiary/aromatic N) is 1. The fourth-order valence-corrected chi connectivity index (χ4v) is 4.06. The van der Waals surface area contributed by atoms with Gasteiger partial charge in [0, 0.05) is 13.0 Å². The van der Waals surface area contributed by atoms with Gasteiger partial charge in [-0.05, 0) is 30.7 Å². The van der Waals surface area contributed by atoms with Crippen molar-refractivity contribution in [2.45, 2.75) is 13.3 Å². The number of para-hydroxylation sites is 2. The Kier molecular flexibility index (Phi) is 7.82. The van der Waals surface area contributed by atoms with E-state index in [4.69, 9.17) is 17.0 Å². The first-order valence-corrected chi connectivity index (χ1v) is 10.8. The van der Waals surface area contributed by atoms with Crippen LogP contribution >= 0.6 is 24.0 Å². The Morgan fingerprint density at radius 1 is 1.17 bits per heavy atom. The number of benzene rings is 2. The van der Waals surface area contributed by atoms with Crippen LogP contribution in [0.3, 0.4) is 0 Å². The average Bonchev–Trinajstić information content (AvgIpc) is 3.02. The van der Waals surface area contributed by atoms with Crippen LogP contribution in [0.25, 0.3) is 6.08 Å². The summed E-state index contributed by atoms with van der Waals surface area (Å²) >= 11 is 6.57. The van der Waals surface area contributed by atoms with Gasteiger partial charge in [-0.3, -0.25) is 14.5 Å². The largest absolute Gasteiger partial charge is 0.492 e. The Morgan fingerprint density at radius 3 is 2.67 bits per heavy atom. The fourth-order valence-electron chi connectivity index (χ4n) is 2.79. The smallest absolute Gasteiger partial charge is 0.266 e. The third kappa shape index (κ3) is 5.81. The van der Waals surface area contributed by atoms with E-state index in [2.05, 4.69) is 5.32 Å². The Labute approximate surface area is 185 Å². The minimum atomic E-state index is -0.204. The van der Waals surface area contributed by atoms with Gasteiger partial charge in [0.1, 0.15) is 10.1 Å². The number of rotatable bonds is 8. The standard InChI is InChI=1S/C23H22N2O3S2/c1-2-28-19-13-7-6-12-18(19)24-21(26)15-16-25-22(27)20(30-23(25)29)14-8-11-17-9-4-3-5-10-17/h3-14H,2,15-16H2,1H3,(H,24,26)/b11-8+,20-14-. The second kappa shape index (κ2) is 10.8. The van der Waals surface area contributed by atoms with Gasteiger partial charge in [-0.15, -0.1) is 0 Å². The number of hydrogen-bond donors (Lipinski definition) is 1. The van der Waals surface area contributed by atoms with Gasteiger partial charge in [-0.25, -0.2) is 0 Å². The highest BCUT2D eigenvalue weighted by molar-refractivity contribution is 8.26. The van der Waals surface area contributed by atoms with E-state index in [1.807, 2.05) is 61.5 Å². The molecule has 1 fully saturated rings. The molecule has 1 aliphatic heterocycles. The average molecular weight is 439 g/mol. The van der Waals surface area contributed by atoms with Crippen molar-refractivity contribution in [1.82, 2.24) is 4.90 Å². The van der Waals surface area contributed by atoms with E-state index in [0.29, 0.717) is 27.3 Å². The highest BCUT2D eigenvalue weighted by atomic mass is 32.2. The van der Waals surface area contributed by atoms with Crippen LogP contribution in [-0.4, -0.2) is 34.2 Å². The first kappa shape index (κ1) is 21.8. The van der Waals surface area contributed by atoms with Gasteiger partial charge < -0.3 is 10.1 Å². The summed E-state index contributed by atoms with van der Waals surface area (Å²) in [5.74, 6) is 0.237. The molecule has 154 valence electrons. The molecular formula is C23H22N2O3S2. The SMILES string of the molecule is CCOc1ccccc1NC(=O)CCN1C(=O)/C(=C/C=C/c2ccccc2)SC1=S. The molecule has 0 aromatic heterocycles. The summed E-state index contributed by atoms with van der Waals surface area (Å²) < 4.78 is 5.98. The van der Waals surface area contributed by atoms with E-state index >= 15 is 0 Å². The van der Waals surface area contributed by atoms with Crippen molar-refractivity contribution >= 4 is 51.9 Å². The summed E-state index contributed by atoms with van der Waals surface area (Å²) in [5, 5.41) is 2.83. The van der Waals surface area contributed by atoms with E-state index in [0.717, 1.165) is 5.56 Å². The van der Waals surface area contributed by atoms with Crippen molar-refractivity contribution in [1.29, 1.82) is 0 Å². The topological polar surface area (TPSA) is 58.6 Å². The summed E-state index contributed by atoms with van der Waals surface area (Å²) in [6.45, 7) is 2.62. The van der Waals surface area contributed by atoms with E-state index in [1.165, 1.54) is 16.7 Å². The lowest BCUT2D eigenvalue weighted by Gasteiger charge is -2.15. The monoisotopic (exact) mass is 438 g/mol. The molecule has 1 saturated heterocycles. The summed E-state index contributed by atoms with van der Waals surface area (Å²) in [6.07, 6.45) is 5.65. The van der Waals surface area contributed by atoms with Crippen LogP contribution in [0.1, 0.15) is 18.9 Å². The van der Waals surface area contributed by atoms with Gasteiger partial charge in [0.2, 0.25) is 5.91 Å². The fraction of sp³-hybridized carbons (Fsp3) is 0.174. The highest BCUT2D eigenvalue weighted by Crippen LogP contribution is 2.31. The number of hydrogen-bond acceptors (Lipinski definition) is 5. The lowest BCUT2D eigenvalue weighted by molar-refractivity contribution is -0.122. The predicted molar refractivity (Wildman–Crippen MR) is 126 cm³/mol. The third-order valence-corrected chi connectivity index (χ3v) is 5.63. The molecule has 1 aliphatic rings. The first-order valence-electron chi connectivity index (χ1n) is 9.57. The molecule has 0 radical (unpaired) electrons. The number of thioether (sulfide) groups is 1. The van der Waals surface area contributed by atoms with Gasteiger partial charge in [0.15, 0.2) is 0 Å². The zero-order valence-corrected chi connectivity index (χ0v) is 18.2. The molecule has 30 heavy (non-hydrogen) atoms. The molecule has 0 spiro atoms. The summed E-state index contributed by atoms with van der Waals surface area (Å²) in [7, 11) is 0. The quantitative estimate of drug-likeness (QED) is 0.471. The van der Waals surface area contributed by atoms with Crippen molar-refractivity contribution in [3.63, 3.8) is 0 Å². The van der Waals surface area contributed by atoms with E-state index in [1.54, 1.807) is 18.2 Å². The maximum Gasteiger partial charge on any atom is 0.266 e. The number of anilines is 1. The molecular weight excluding hydrogens is 416 g/mol. The number of carbonyl (C=O) groups excluding carboxylic acids is 2. The lowest BCUT2D eigenvalue weighted by Crippen LogP contribution is -2.31. The second-order valence-corrected chi connectivity index (χ2v) is 8.03. The molecule has 0 bridgehead atoms. The number of amides is 2. The summed E-state index contributed by atoms with van der Waals surface area (Å²) in [4.78, 5) is 27.0. The van der Waals surface area contributed by atoms with Crippen LogP contribution in [0.5, 0.6) is 5.75 Å². The van der Waals surface area contributed by atoms with Crippen molar-refractivity contribution in [3.8, 4) is 5.75 Å². The van der Waals surface area contributed by atoms with Crippen LogP contribution in [0, 0.1) is 0 Å². The minimum absolute atomic E-state index is 0.139. The second-order valence-electron chi connectivity index (χ2n) is 6.35. The molecule has 1 N–H and O–H groups in total. The normalized spacial score (nSPS) is 15.2. The minimum Gasteiger partial charge on any atom is -0.492 e. The maximum absolute atomic E-state index is 12.6. The lowest BCUT2D eigenvalue weighted by atomic mass is 10.2. The summed E-state index contributed by atoms with van der Waals surface area (Å²) in [6, 6.07) is 17.1. The van der Waals surface area contributed by atoms with Crippen molar-refractivity contribution in [2.75, 3.05) is 18.5 Å². The van der Waals surface area contributed by atoms with Crippen molar-refractivity contribution in [3.05, 3.63) is 77.2 Å². The van der Waals surface area contributed by atoms with E-state index in [-0.39, 0.29) is 24.8 Å². The van der Waals surface area contributed by atoms with Crippen molar-refractivity contribution in [2.24, 2.45) is 0 Å². The first-order chi connectivity index (χ1) is 14.6. The molecule has 2 aromatic carbocycles. The van der Waals surface area contributed by atoms with Gasteiger partial charge in [-0.1, -0.05) is 78.6 Å². The molecule has 1 heterocycles. The van der Waals surface area contributed by atoms with Crippen LogP contribution in [0.4, 0.5) is 5.69 Å². The van der Waals surface area contributed by atoms with Crippen LogP contribution in [-0.2, 0) is 9.59 Å². The van der Waals surface area contributed by atoms with Crippen LogP contribution in [0.15, 0.2) is 71.7 Å². The van der Waals surface area contributed by atoms with Gasteiger partial charge >= 0.3 is 0 Å². The van der Waals surface area contributed by atoms with Crippen molar-refractivity contribution < 1.29 is 14.3 Å². The molecule has 2 amide bonds. The molecule has 3 rings (SSSR count). The van der Waals surface area contributed by atoms with E-state index < -0.39 is 0 Å². The maximum atomic E-state index is 12.6. The molecule has 7 heteroatoms. The third-order valence-electron chi connectivity index (χ3n) is 4.23. The molecule has 2 aromatic rings. The number of thiocarbonyl (C=S) groups is 1. The molecule has 0 atom stereocenters. The molecule has 0 saturated carbocycles. The van der Waals surface area contributed by atoms with E-state index in [9.17, 15) is 9.59 Å². The highest BCUT2D eigenvalue weighted by Gasteiger charge is 2.31. The molecule has 5 nitrogen and oxygen atoms in total. The number of nitrogens with one attached hydrogen (secondary N) is 1. The number of carbonyl (C=O) groups is 2. The molecule has 0 unspecified atom stereocenters. The van der Waals surface area contributed by atoms with Gasteiger partial charge in [0.25, 0.3) is 5.91 Å².